The molecular weight excluding hydrogens is 348 g/mol. The first-order valence-electron chi connectivity index (χ1n) is 10.3. The number of nitrogens with one attached hydrogen (secondary N) is 1. The van der Waals surface area contributed by atoms with Crippen LogP contribution in [0, 0.1) is 0 Å². The van der Waals surface area contributed by atoms with Crippen LogP contribution in [0.1, 0.15) is 67.8 Å². The maximum absolute atomic E-state index is 13.7. The molecule has 0 bridgehead atoms. The third-order valence-electron chi connectivity index (χ3n) is 6.11. The molecule has 1 fully saturated rings. The third kappa shape index (κ3) is 3.01. The number of carbonyl (C=O) groups excluding carboxylic acids is 2. The van der Waals surface area contributed by atoms with Crippen molar-refractivity contribution >= 4 is 17.5 Å². The number of anilines is 1. The van der Waals surface area contributed by atoms with E-state index in [1.807, 2.05) is 73.3 Å². The molecule has 0 unspecified atom stereocenters. The van der Waals surface area contributed by atoms with Gasteiger partial charge in [0.05, 0.1) is 11.5 Å². The summed E-state index contributed by atoms with van der Waals surface area (Å²) in [5.41, 5.74) is 1.89. The molecular formula is C24H28N2O2. The molecule has 0 aromatic heterocycles. The summed E-state index contributed by atoms with van der Waals surface area (Å²) in [4.78, 5) is 29.1. The predicted molar refractivity (Wildman–Crippen MR) is 112 cm³/mol. The van der Waals surface area contributed by atoms with Gasteiger partial charge in [0.1, 0.15) is 0 Å². The SMILES string of the molecule is CC(C)NC(=O)[C@@H]1c2ccccc2C(=O)N(c2ccccc2)C12CCCCC2. The normalized spacial score (nSPS) is 20.9. The van der Waals surface area contributed by atoms with Gasteiger partial charge in [-0.1, -0.05) is 55.7 Å². The lowest BCUT2D eigenvalue weighted by Crippen LogP contribution is -2.63. The number of benzene rings is 2. The van der Waals surface area contributed by atoms with Crippen molar-refractivity contribution in [2.24, 2.45) is 0 Å². The van der Waals surface area contributed by atoms with Crippen molar-refractivity contribution in [2.75, 3.05) is 4.90 Å². The first kappa shape index (κ1) is 18.7. The van der Waals surface area contributed by atoms with E-state index < -0.39 is 5.54 Å². The molecule has 2 aromatic carbocycles. The molecule has 1 saturated carbocycles. The highest BCUT2D eigenvalue weighted by Crippen LogP contribution is 2.50. The summed E-state index contributed by atoms with van der Waals surface area (Å²) in [5, 5.41) is 3.13. The van der Waals surface area contributed by atoms with E-state index in [2.05, 4.69) is 5.32 Å². The van der Waals surface area contributed by atoms with Gasteiger partial charge in [0.2, 0.25) is 5.91 Å². The molecule has 4 nitrogen and oxygen atoms in total. The van der Waals surface area contributed by atoms with Crippen molar-refractivity contribution < 1.29 is 9.59 Å². The summed E-state index contributed by atoms with van der Waals surface area (Å²) in [6, 6.07) is 17.6. The predicted octanol–water partition coefficient (Wildman–Crippen LogP) is 4.66. The summed E-state index contributed by atoms with van der Waals surface area (Å²) in [6.07, 6.45) is 4.91. The van der Waals surface area contributed by atoms with Crippen LogP contribution in [0.4, 0.5) is 5.69 Å². The van der Waals surface area contributed by atoms with Crippen molar-refractivity contribution in [3.63, 3.8) is 0 Å². The van der Waals surface area contributed by atoms with Crippen LogP contribution in [-0.2, 0) is 4.79 Å². The zero-order valence-corrected chi connectivity index (χ0v) is 16.7. The lowest BCUT2D eigenvalue weighted by molar-refractivity contribution is -0.125. The number of amides is 2. The zero-order valence-electron chi connectivity index (χ0n) is 16.7. The lowest BCUT2D eigenvalue weighted by atomic mass is 9.65. The van der Waals surface area contributed by atoms with E-state index in [0.717, 1.165) is 43.4 Å². The van der Waals surface area contributed by atoms with Gasteiger partial charge < -0.3 is 10.2 Å². The minimum absolute atomic E-state index is 0.0114. The highest BCUT2D eigenvalue weighted by molar-refractivity contribution is 6.12. The molecule has 0 radical (unpaired) electrons. The lowest BCUT2D eigenvalue weighted by Gasteiger charge is -2.53. The Bertz CT molecular complexity index is 869. The van der Waals surface area contributed by atoms with Gasteiger partial charge in [-0.05, 0) is 50.5 Å². The Hall–Kier alpha value is -2.62. The number of hydrogen-bond donors (Lipinski definition) is 1. The minimum atomic E-state index is -0.510. The molecule has 1 aliphatic heterocycles. The average molecular weight is 377 g/mol. The Kier molecular flexibility index (Phi) is 4.96. The fourth-order valence-electron chi connectivity index (χ4n) is 5.07. The summed E-state index contributed by atoms with van der Waals surface area (Å²) >= 11 is 0. The molecule has 2 aromatic rings. The Balaban J connectivity index is 1.94. The molecule has 1 heterocycles. The Labute approximate surface area is 166 Å². The van der Waals surface area contributed by atoms with Crippen LogP contribution in [0.5, 0.6) is 0 Å². The maximum atomic E-state index is 13.7. The standard InChI is InChI=1S/C24H28N2O2/c1-17(2)25-22(27)21-19-13-7-8-14-20(19)23(28)26(18-11-5-3-6-12-18)24(21)15-9-4-10-16-24/h3,5-8,11-14,17,21H,4,9-10,15-16H2,1-2H3,(H,25,27)/t21-/m0/s1. The fraction of sp³-hybridized carbons (Fsp3) is 0.417. The van der Waals surface area contributed by atoms with Crippen molar-refractivity contribution in [3.05, 3.63) is 65.7 Å². The van der Waals surface area contributed by atoms with E-state index in [9.17, 15) is 9.59 Å². The molecule has 1 aliphatic carbocycles. The Morgan fingerprint density at radius 2 is 1.64 bits per heavy atom. The number of para-hydroxylation sites is 1. The highest BCUT2D eigenvalue weighted by atomic mass is 16.2. The second-order valence-corrected chi connectivity index (χ2v) is 8.32. The number of nitrogens with zero attached hydrogens (tertiary/aromatic N) is 1. The number of rotatable bonds is 3. The summed E-state index contributed by atoms with van der Waals surface area (Å²) < 4.78 is 0. The van der Waals surface area contributed by atoms with Crippen molar-refractivity contribution in [1.82, 2.24) is 5.32 Å². The van der Waals surface area contributed by atoms with E-state index in [-0.39, 0.29) is 23.8 Å². The van der Waals surface area contributed by atoms with E-state index in [1.165, 1.54) is 0 Å². The number of fused-ring (bicyclic) bond motifs is 1. The number of hydrogen-bond acceptors (Lipinski definition) is 2. The second-order valence-electron chi connectivity index (χ2n) is 8.32. The fourth-order valence-corrected chi connectivity index (χ4v) is 5.07. The molecule has 4 rings (SSSR count). The first-order chi connectivity index (χ1) is 13.5. The minimum Gasteiger partial charge on any atom is -0.353 e. The highest BCUT2D eigenvalue weighted by Gasteiger charge is 2.55. The molecule has 0 saturated heterocycles. The van der Waals surface area contributed by atoms with E-state index in [0.29, 0.717) is 5.56 Å². The monoisotopic (exact) mass is 376 g/mol. The van der Waals surface area contributed by atoms with Crippen molar-refractivity contribution in [2.45, 2.75) is 63.5 Å². The van der Waals surface area contributed by atoms with Gasteiger partial charge in [-0.15, -0.1) is 0 Å². The van der Waals surface area contributed by atoms with Crippen LogP contribution in [0.15, 0.2) is 54.6 Å². The topological polar surface area (TPSA) is 49.4 Å². The Morgan fingerprint density at radius 3 is 2.32 bits per heavy atom. The van der Waals surface area contributed by atoms with Gasteiger partial charge in [-0.25, -0.2) is 0 Å². The summed E-state index contributed by atoms with van der Waals surface area (Å²) in [6.45, 7) is 3.97. The molecule has 1 atom stereocenters. The van der Waals surface area contributed by atoms with Gasteiger partial charge in [-0.2, -0.15) is 0 Å². The van der Waals surface area contributed by atoms with Crippen LogP contribution in [0.2, 0.25) is 0 Å². The number of carbonyl (C=O) groups is 2. The van der Waals surface area contributed by atoms with Crippen LogP contribution >= 0.6 is 0 Å². The maximum Gasteiger partial charge on any atom is 0.259 e. The molecule has 2 aliphatic rings. The van der Waals surface area contributed by atoms with Gasteiger partial charge in [0.15, 0.2) is 0 Å². The van der Waals surface area contributed by atoms with Crippen LogP contribution in [0.3, 0.4) is 0 Å². The first-order valence-corrected chi connectivity index (χ1v) is 10.3. The van der Waals surface area contributed by atoms with Crippen LogP contribution in [-0.4, -0.2) is 23.4 Å². The van der Waals surface area contributed by atoms with Crippen molar-refractivity contribution in [1.29, 1.82) is 0 Å². The second kappa shape index (κ2) is 7.42. The molecule has 28 heavy (non-hydrogen) atoms. The Morgan fingerprint density at radius 1 is 1.00 bits per heavy atom. The third-order valence-corrected chi connectivity index (χ3v) is 6.11. The van der Waals surface area contributed by atoms with Gasteiger partial charge in [0, 0.05) is 17.3 Å². The van der Waals surface area contributed by atoms with Crippen molar-refractivity contribution in [3.8, 4) is 0 Å². The molecule has 1 N–H and O–H groups in total. The largest absolute Gasteiger partial charge is 0.353 e. The molecule has 2 amide bonds. The quantitative estimate of drug-likeness (QED) is 0.847. The van der Waals surface area contributed by atoms with Gasteiger partial charge in [0.25, 0.3) is 5.91 Å². The van der Waals surface area contributed by atoms with Gasteiger partial charge in [-0.3, -0.25) is 9.59 Å². The zero-order chi connectivity index (χ0) is 19.7. The van der Waals surface area contributed by atoms with E-state index in [1.54, 1.807) is 0 Å². The van der Waals surface area contributed by atoms with E-state index >= 15 is 0 Å². The molecule has 146 valence electrons. The molecule has 1 spiro atoms. The van der Waals surface area contributed by atoms with Gasteiger partial charge >= 0.3 is 0 Å². The van der Waals surface area contributed by atoms with E-state index in [4.69, 9.17) is 0 Å². The summed E-state index contributed by atoms with van der Waals surface area (Å²) in [5.74, 6) is -0.320. The van der Waals surface area contributed by atoms with Crippen LogP contribution < -0.4 is 10.2 Å². The molecule has 4 heteroatoms. The smallest absolute Gasteiger partial charge is 0.259 e. The van der Waals surface area contributed by atoms with Crippen LogP contribution in [0.25, 0.3) is 0 Å². The average Bonchev–Trinajstić information content (AvgIpc) is 2.69. The summed E-state index contributed by atoms with van der Waals surface area (Å²) in [7, 11) is 0.